The number of carbonyl (C=O) groups is 2. The molecule has 0 spiro atoms. The summed E-state index contributed by atoms with van der Waals surface area (Å²) < 4.78 is 6.43. The van der Waals surface area contributed by atoms with Crippen LogP contribution in [0.3, 0.4) is 0 Å². The number of aryl methyl sites for hydroxylation is 1. The van der Waals surface area contributed by atoms with Crippen molar-refractivity contribution in [2.24, 2.45) is 0 Å². The van der Waals surface area contributed by atoms with Crippen LogP contribution in [0.1, 0.15) is 33.3 Å². The summed E-state index contributed by atoms with van der Waals surface area (Å²) in [6, 6.07) is 22.4. The van der Waals surface area contributed by atoms with Crippen molar-refractivity contribution in [3.63, 3.8) is 0 Å². The van der Waals surface area contributed by atoms with Crippen molar-refractivity contribution in [3.05, 3.63) is 89.6 Å². The molecule has 1 aromatic heterocycles. The highest BCUT2D eigenvalue weighted by atomic mass is 16.5. The van der Waals surface area contributed by atoms with Crippen LogP contribution >= 0.6 is 0 Å². The minimum Gasteiger partial charge on any atom is -0.461 e. The van der Waals surface area contributed by atoms with Gasteiger partial charge in [0.15, 0.2) is 5.69 Å². The maximum atomic E-state index is 13.1. The number of esters is 1. The second kappa shape index (κ2) is 8.21. The average molecular weight is 399 g/mol. The molecule has 3 aromatic carbocycles. The molecule has 150 valence electrons. The van der Waals surface area contributed by atoms with E-state index in [1.807, 2.05) is 61.5 Å². The molecule has 4 aromatic rings. The Bertz CT molecular complexity index is 1230. The van der Waals surface area contributed by atoms with Crippen LogP contribution in [0.4, 0.5) is 11.4 Å². The Balaban J connectivity index is 1.81. The molecule has 1 N–H and O–H groups in total. The molecule has 0 aliphatic rings. The fourth-order valence-electron chi connectivity index (χ4n) is 3.29. The standard InChI is InChI=1S/C24H21N3O3/c1-3-30-24(29)22-20-15-19(25-18-10-5-4-6-11-18)12-13-21(20)27(26-22)23(28)17-9-7-8-16(2)14-17/h4-15,25H,3H2,1-2H3. The molecule has 0 saturated carbocycles. The Morgan fingerprint density at radius 3 is 2.50 bits per heavy atom. The largest absolute Gasteiger partial charge is 0.461 e. The lowest BCUT2D eigenvalue weighted by molar-refractivity contribution is 0.0521. The van der Waals surface area contributed by atoms with Crippen molar-refractivity contribution in [1.29, 1.82) is 0 Å². The maximum absolute atomic E-state index is 13.1. The van der Waals surface area contributed by atoms with Gasteiger partial charge in [0.05, 0.1) is 12.1 Å². The fourth-order valence-corrected chi connectivity index (χ4v) is 3.29. The number of benzene rings is 3. The van der Waals surface area contributed by atoms with E-state index in [-0.39, 0.29) is 18.2 Å². The van der Waals surface area contributed by atoms with Gasteiger partial charge in [-0.3, -0.25) is 4.79 Å². The third kappa shape index (κ3) is 3.80. The molecular formula is C24H21N3O3. The van der Waals surface area contributed by atoms with Gasteiger partial charge in [-0.15, -0.1) is 0 Å². The molecule has 1 heterocycles. The van der Waals surface area contributed by atoms with E-state index in [0.717, 1.165) is 16.9 Å². The van der Waals surface area contributed by atoms with E-state index in [1.54, 1.807) is 25.1 Å². The normalized spacial score (nSPS) is 10.7. The number of anilines is 2. The smallest absolute Gasteiger partial charge is 0.359 e. The summed E-state index contributed by atoms with van der Waals surface area (Å²) >= 11 is 0. The number of carbonyl (C=O) groups excluding carboxylic acids is 2. The van der Waals surface area contributed by atoms with Crippen LogP contribution in [0.15, 0.2) is 72.8 Å². The third-order valence-electron chi connectivity index (χ3n) is 4.67. The number of ether oxygens (including phenoxy) is 1. The molecule has 30 heavy (non-hydrogen) atoms. The van der Waals surface area contributed by atoms with Crippen LogP contribution in [0.2, 0.25) is 0 Å². The predicted octanol–water partition coefficient (Wildman–Crippen LogP) is 4.95. The first-order valence-electron chi connectivity index (χ1n) is 9.70. The van der Waals surface area contributed by atoms with Gasteiger partial charge in [-0.1, -0.05) is 35.9 Å². The molecule has 0 radical (unpaired) electrons. The summed E-state index contributed by atoms with van der Waals surface area (Å²) in [6.07, 6.45) is 0. The van der Waals surface area contributed by atoms with Crippen LogP contribution in [0, 0.1) is 6.92 Å². The van der Waals surface area contributed by atoms with E-state index < -0.39 is 5.97 Å². The monoisotopic (exact) mass is 399 g/mol. The number of aromatic nitrogens is 2. The summed E-state index contributed by atoms with van der Waals surface area (Å²) in [4.78, 5) is 25.6. The van der Waals surface area contributed by atoms with Gasteiger partial charge < -0.3 is 10.1 Å². The molecule has 0 saturated heterocycles. The molecule has 0 aliphatic carbocycles. The molecule has 0 aliphatic heterocycles. The molecule has 6 heteroatoms. The van der Waals surface area contributed by atoms with Gasteiger partial charge in [-0.25, -0.2) is 4.79 Å². The van der Waals surface area contributed by atoms with Gasteiger partial charge in [0.1, 0.15) is 0 Å². The molecule has 0 bridgehead atoms. The first-order chi connectivity index (χ1) is 14.6. The maximum Gasteiger partial charge on any atom is 0.359 e. The predicted molar refractivity (Wildman–Crippen MR) is 116 cm³/mol. The Morgan fingerprint density at radius 2 is 1.77 bits per heavy atom. The summed E-state index contributed by atoms with van der Waals surface area (Å²) in [5.41, 5.74) is 3.82. The van der Waals surface area contributed by atoms with Crippen molar-refractivity contribution in [2.75, 3.05) is 11.9 Å². The molecule has 0 fully saturated rings. The third-order valence-corrected chi connectivity index (χ3v) is 4.67. The average Bonchev–Trinajstić information content (AvgIpc) is 3.13. The number of nitrogens with one attached hydrogen (secondary N) is 1. The highest BCUT2D eigenvalue weighted by molar-refractivity contribution is 6.08. The van der Waals surface area contributed by atoms with Crippen molar-refractivity contribution in [1.82, 2.24) is 9.78 Å². The lowest BCUT2D eigenvalue weighted by atomic mass is 10.1. The highest BCUT2D eigenvalue weighted by Gasteiger charge is 2.22. The van der Waals surface area contributed by atoms with E-state index in [4.69, 9.17) is 4.74 Å². The SMILES string of the molecule is CCOC(=O)c1nn(C(=O)c2cccc(C)c2)c2ccc(Nc3ccccc3)cc12. The van der Waals surface area contributed by atoms with E-state index in [2.05, 4.69) is 10.4 Å². The molecule has 6 nitrogen and oxygen atoms in total. The highest BCUT2D eigenvalue weighted by Crippen LogP contribution is 2.26. The van der Waals surface area contributed by atoms with Crippen LogP contribution in [-0.4, -0.2) is 28.3 Å². The number of hydrogen-bond acceptors (Lipinski definition) is 5. The van der Waals surface area contributed by atoms with Crippen molar-refractivity contribution in [3.8, 4) is 0 Å². The first-order valence-corrected chi connectivity index (χ1v) is 9.70. The molecular weight excluding hydrogens is 378 g/mol. The summed E-state index contributed by atoms with van der Waals surface area (Å²) in [7, 11) is 0. The Kier molecular flexibility index (Phi) is 5.30. The number of rotatable bonds is 5. The zero-order valence-corrected chi connectivity index (χ0v) is 16.8. The summed E-state index contributed by atoms with van der Waals surface area (Å²) in [6.45, 7) is 3.88. The van der Waals surface area contributed by atoms with Gasteiger partial charge >= 0.3 is 5.97 Å². The van der Waals surface area contributed by atoms with Crippen molar-refractivity contribution in [2.45, 2.75) is 13.8 Å². The molecule has 0 atom stereocenters. The lowest BCUT2D eigenvalue weighted by Crippen LogP contribution is -2.15. The number of nitrogens with zero attached hydrogens (tertiary/aromatic N) is 2. The number of hydrogen-bond donors (Lipinski definition) is 1. The molecule has 0 unspecified atom stereocenters. The minimum atomic E-state index is -0.560. The van der Waals surface area contributed by atoms with Gasteiger partial charge in [-0.05, 0) is 56.3 Å². The van der Waals surface area contributed by atoms with Crippen molar-refractivity contribution >= 4 is 34.2 Å². The summed E-state index contributed by atoms with van der Waals surface area (Å²) in [5.74, 6) is -0.863. The molecule has 4 rings (SSSR count). The zero-order chi connectivity index (χ0) is 21.1. The molecule has 0 amide bonds. The topological polar surface area (TPSA) is 73.2 Å². The van der Waals surface area contributed by atoms with Gasteiger partial charge in [0.25, 0.3) is 5.91 Å². The van der Waals surface area contributed by atoms with Gasteiger partial charge in [-0.2, -0.15) is 9.78 Å². The second-order valence-corrected chi connectivity index (χ2v) is 6.88. The second-order valence-electron chi connectivity index (χ2n) is 6.88. The van der Waals surface area contributed by atoms with Gasteiger partial charge in [0.2, 0.25) is 0 Å². The van der Waals surface area contributed by atoms with E-state index in [1.165, 1.54) is 4.68 Å². The van der Waals surface area contributed by atoms with E-state index >= 15 is 0 Å². The quantitative estimate of drug-likeness (QED) is 0.481. The Labute approximate surface area is 174 Å². The fraction of sp³-hybridized carbons (Fsp3) is 0.125. The van der Waals surface area contributed by atoms with E-state index in [9.17, 15) is 9.59 Å². The van der Waals surface area contributed by atoms with Crippen LogP contribution < -0.4 is 5.32 Å². The van der Waals surface area contributed by atoms with Crippen LogP contribution in [-0.2, 0) is 4.74 Å². The number of fused-ring (bicyclic) bond motifs is 1. The van der Waals surface area contributed by atoms with Crippen LogP contribution in [0.25, 0.3) is 10.9 Å². The Morgan fingerprint density at radius 1 is 0.967 bits per heavy atom. The van der Waals surface area contributed by atoms with Gasteiger partial charge in [0, 0.05) is 22.3 Å². The Hall–Kier alpha value is -3.93. The van der Waals surface area contributed by atoms with Crippen LogP contribution in [0.5, 0.6) is 0 Å². The zero-order valence-electron chi connectivity index (χ0n) is 16.8. The lowest BCUT2D eigenvalue weighted by Gasteiger charge is -2.07. The number of para-hydroxylation sites is 1. The first kappa shape index (κ1) is 19.4. The van der Waals surface area contributed by atoms with Crippen molar-refractivity contribution < 1.29 is 14.3 Å². The van der Waals surface area contributed by atoms with E-state index in [0.29, 0.717) is 16.5 Å². The minimum absolute atomic E-state index is 0.115. The summed E-state index contributed by atoms with van der Waals surface area (Å²) in [5, 5.41) is 8.18.